The molecule has 0 radical (unpaired) electrons. The summed E-state index contributed by atoms with van der Waals surface area (Å²) in [6, 6.07) is 2.47. The Bertz CT molecular complexity index is 574. The van der Waals surface area contributed by atoms with Gasteiger partial charge in [-0.2, -0.15) is 0 Å². The number of carbonyl (C=O) groups excluding carboxylic acids is 1. The first-order valence-corrected chi connectivity index (χ1v) is 6.95. The summed E-state index contributed by atoms with van der Waals surface area (Å²) in [4.78, 5) is 10.2. The maximum atomic E-state index is 11.2. The predicted octanol–water partition coefficient (Wildman–Crippen LogP) is 0.895. The fourth-order valence-corrected chi connectivity index (χ4v) is 2.47. The normalized spacial score (nSPS) is 11.3. The highest BCUT2D eigenvalue weighted by atomic mass is 35.5. The van der Waals surface area contributed by atoms with Crippen molar-refractivity contribution >= 4 is 39.1 Å². The van der Waals surface area contributed by atoms with E-state index in [2.05, 4.69) is 0 Å². The van der Waals surface area contributed by atoms with Gasteiger partial charge >= 0.3 is 0 Å². The second kappa shape index (κ2) is 5.75. The van der Waals surface area contributed by atoms with Gasteiger partial charge in [0.15, 0.2) is 0 Å². The van der Waals surface area contributed by atoms with Gasteiger partial charge in [0.25, 0.3) is 0 Å². The molecule has 0 saturated carbocycles. The first-order chi connectivity index (χ1) is 8.23. The molecule has 0 aliphatic heterocycles. The molecule has 4 N–H and O–H groups in total. The van der Waals surface area contributed by atoms with Gasteiger partial charge in [-0.3, -0.25) is 4.79 Å². The van der Waals surface area contributed by atoms with E-state index in [4.69, 9.17) is 38.8 Å². The van der Waals surface area contributed by atoms with Crippen LogP contribution >= 0.6 is 23.2 Å². The lowest BCUT2D eigenvalue weighted by atomic mass is 10.3. The Labute approximate surface area is 114 Å². The van der Waals surface area contributed by atoms with Crippen LogP contribution in [-0.4, -0.2) is 20.9 Å². The molecule has 100 valence electrons. The van der Waals surface area contributed by atoms with Crippen molar-refractivity contribution in [1.82, 2.24) is 0 Å². The van der Waals surface area contributed by atoms with Gasteiger partial charge < -0.3 is 10.5 Å². The third-order valence-electron chi connectivity index (χ3n) is 1.92. The van der Waals surface area contributed by atoms with Crippen LogP contribution in [0.2, 0.25) is 10.0 Å². The standard InChI is InChI=1S/C9H10Cl2N2O4S/c10-8-5(17-4-3-7(12)14)1-2-6(9(8)11)18(13,15)16/h1-2H,3-4H2,(H2,12,14)(H2,13,15,16). The van der Waals surface area contributed by atoms with Crippen molar-refractivity contribution in [2.24, 2.45) is 10.9 Å². The first-order valence-electron chi connectivity index (χ1n) is 4.65. The van der Waals surface area contributed by atoms with E-state index in [0.717, 1.165) is 0 Å². The number of halogens is 2. The fourth-order valence-electron chi connectivity index (χ4n) is 1.11. The van der Waals surface area contributed by atoms with Crippen LogP contribution in [0.3, 0.4) is 0 Å². The van der Waals surface area contributed by atoms with Gasteiger partial charge in [0.05, 0.1) is 18.1 Å². The molecule has 0 fully saturated rings. The zero-order valence-corrected chi connectivity index (χ0v) is 11.3. The van der Waals surface area contributed by atoms with Crippen molar-refractivity contribution in [3.05, 3.63) is 22.2 Å². The van der Waals surface area contributed by atoms with Gasteiger partial charge in [-0.1, -0.05) is 23.2 Å². The molecule has 0 aliphatic rings. The minimum atomic E-state index is -3.95. The number of benzene rings is 1. The molecule has 9 heteroatoms. The van der Waals surface area contributed by atoms with Crippen LogP contribution in [0.1, 0.15) is 6.42 Å². The second-order valence-corrected chi connectivity index (χ2v) is 5.59. The molecule has 6 nitrogen and oxygen atoms in total. The van der Waals surface area contributed by atoms with E-state index in [1.165, 1.54) is 12.1 Å². The van der Waals surface area contributed by atoms with Gasteiger partial charge in [0, 0.05) is 0 Å². The van der Waals surface area contributed by atoms with Crippen LogP contribution in [0.25, 0.3) is 0 Å². The van der Waals surface area contributed by atoms with Crippen LogP contribution in [0.15, 0.2) is 17.0 Å². The average molecular weight is 313 g/mol. The Hall–Kier alpha value is -1.02. The van der Waals surface area contributed by atoms with E-state index in [1.807, 2.05) is 0 Å². The Balaban J connectivity index is 2.98. The molecule has 0 aromatic heterocycles. The fraction of sp³-hybridized carbons (Fsp3) is 0.222. The predicted molar refractivity (Wildman–Crippen MR) is 67.1 cm³/mol. The van der Waals surface area contributed by atoms with Gasteiger partial charge in [-0.05, 0) is 12.1 Å². The number of hydrogen-bond acceptors (Lipinski definition) is 4. The van der Waals surface area contributed by atoms with Crippen molar-refractivity contribution in [3.8, 4) is 5.75 Å². The molecule has 0 bridgehead atoms. The zero-order valence-electron chi connectivity index (χ0n) is 9.02. The van der Waals surface area contributed by atoms with E-state index in [9.17, 15) is 13.2 Å². The lowest BCUT2D eigenvalue weighted by Gasteiger charge is -2.10. The number of carbonyl (C=O) groups is 1. The molecule has 0 aliphatic carbocycles. The molecule has 0 heterocycles. The quantitative estimate of drug-likeness (QED) is 0.840. The number of hydrogen-bond donors (Lipinski definition) is 2. The lowest BCUT2D eigenvalue weighted by molar-refractivity contribution is -0.118. The smallest absolute Gasteiger partial charge is 0.239 e. The Morgan fingerprint density at radius 2 is 1.89 bits per heavy atom. The molecule has 0 unspecified atom stereocenters. The van der Waals surface area contributed by atoms with Crippen LogP contribution in [-0.2, 0) is 14.8 Å². The van der Waals surface area contributed by atoms with Crippen molar-refractivity contribution < 1.29 is 17.9 Å². The van der Waals surface area contributed by atoms with Gasteiger partial charge in [-0.15, -0.1) is 0 Å². The summed E-state index contributed by atoms with van der Waals surface area (Å²) in [7, 11) is -3.95. The zero-order chi connectivity index (χ0) is 13.9. The number of rotatable bonds is 5. The second-order valence-electron chi connectivity index (χ2n) is 3.30. The number of sulfonamides is 1. The highest BCUT2D eigenvalue weighted by Crippen LogP contribution is 2.36. The van der Waals surface area contributed by atoms with Crippen LogP contribution in [0.4, 0.5) is 0 Å². The lowest BCUT2D eigenvalue weighted by Crippen LogP contribution is -2.15. The first kappa shape index (κ1) is 15.0. The average Bonchev–Trinajstić information content (AvgIpc) is 2.22. The van der Waals surface area contributed by atoms with E-state index >= 15 is 0 Å². The van der Waals surface area contributed by atoms with Crippen molar-refractivity contribution in [2.75, 3.05) is 6.61 Å². The number of amides is 1. The molecule has 0 atom stereocenters. The summed E-state index contributed by atoms with van der Waals surface area (Å²) >= 11 is 11.6. The van der Waals surface area contributed by atoms with Crippen molar-refractivity contribution in [2.45, 2.75) is 11.3 Å². The molecule has 1 amide bonds. The third-order valence-corrected chi connectivity index (χ3v) is 3.85. The monoisotopic (exact) mass is 312 g/mol. The topological polar surface area (TPSA) is 112 Å². The van der Waals surface area contributed by atoms with Crippen LogP contribution in [0, 0.1) is 0 Å². The molecule has 1 aromatic rings. The minimum Gasteiger partial charge on any atom is -0.491 e. The Morgan fingerprint density at radius 1 is 1.28 bits per heavy atom. The maximum absolute atomic E-state index is 11.2. The highest BCUT2D eigenvalue weighted by Gasteiger charge is 2.18. The van der Waals surface area contributed by atoms with Gasteiger partial charge in [0.1, 0.15) is 15.7 Å². The van der Waals surface area contributed by atoms with Gasteiger partial charge in [0.2, 0.25) is 15.9 Å². The minimum absolute atomic E-state index is 0.00485. The van der Waals surface area contributed by atoms with Gasteiger partial charge in [-0.25, -0.2) is 13.6 Å². The Kier molecular flexibility index (Phi) is 4.80. The SMILES string of the molecule is NC(=O)CCOc1ccc(S(N)(=O)=O)c(Cl)c1Cl. The van der Waals surface area contributed by atoms with E-state index in [1.54, 1.807) is 0 Å². The Morgan fingerprint density at radius 3 is 2.39 bits per heavy atom. The molecule has 1 aromatic carbocycles. The molecule has 0 spiro atoms. The summed E-state index contributed by atoms with van der Waals surface area (Å²) in [6.45, 7) is 0.0140. The van der Waals surface area contributed by atoms with Crippen molar-refractivity contribution in [3.63, 3.8) is 0 Å². The van der Waals surface area contributed by atoms with E-state index < -0.39 is 15.9 Å². The highest BCUT2D eigenvalue weighted by molar-refractivity contribution is 7.89. The molecular formula is C9H10Cl2N2O4S. The molecule has 18 heavy (non-hydrogen) atoms. The van der Waals surface area contributed by atoms with E-state index in [-0.39, 0.29) is 33.7 Å². The summed E-state index contributed by atoms with van der Waals surface area (Å²) in [5.41, 5.74) is 4.93. The van der Waals surface area contributed by atoms with E-state index in [0.29, 0.717) is 0 Å². The summed E-state index contributed by atoms with van der Waals surface area (Å²) in [5.74, 6) is -0.381. The number of ether oxygens (including phenoxy) is 1. The van der Waals surface area contributed by atoms with Crippen LogP contribution in [0.5, 0.6) is 5.75 Å². The van der Waals surface area contributed by atoms with Crippen LogP contribution < -0.4 is 15.6 Å². The molecular weight excluding hydrogens is 303 g/mol. The number of primary sulfonamides is 1. The summed E-state index contributed by atoms with van der Waals surface area (Å²) in [5, 5.41) is 4.63. The van der Waals surface area contributed by atoms with Crippen molar-refractivity contribution in [1.29, 1.82) is 0 Å². The third kappa shape index (κ3) is 3.74. The summed E-state index contributed by atoms with van der Waals surface area (Å²) < 4.78 is 27.4. The molecule has 0 saturated heterocycles. The number of nitrogens with two attached hydrogens (primary N) is 2. The largest absolute Gasteiger partial charge is 0.491 e. The summed E-state index contributed by atoms with van der Waals surface area (Å²) in [6.07, 6.45) is 0.00485. The number of primary amides is 1. The maximum Gasteiger partial charge on any atom is 0.239 e. The molecule has 1 rings (SSSR count).